The summed E-state index contributed by atoms with van der Waals surface area (Å²) in [5.41, 5.74) is 5.05. The van der Waals surface area contributed by atoms with Gasteiger partial charge in [-0.05, 0) is 28.8 Å². The number of hydrogen-bond donors (Lipinski definition) is 0. The van der Waals surface area contributed by atoms with Gasteiger partial charge in [-0.1, -0.05) is 60.7 Å². The molecule has 3 aromatic carbocycles. The summed E-state index contributed by atoms with van der Waals surface area (Å²) < 4.78 is 0. The highest BCUT2D eigenvalue weighted by molar-refractivity contribution is 6.15. The summed E-state index contributed by atoms with van der Waals surface area (Å²) in [5, 5.41) is 2.55. The molecule has 0 bridgehead atoms. The molecule has 1 heteroatoms. The Bertz CT molecular complexity index is 815. The maximum Gasteiger partial charge on any atom is 0.0722 e. The van der Waals surface area contributed by atoms with Crippen molar-refractivity contribution < 1.29 is 0 Å². The summed E-state index contributed by atoms with van der Waals surface area (Å²) in [6.45, 7) is 0.888. The fourth-order valence-corrected chi connectivity index (χ4v) is 2.93. The average Bonchev–Trinajstić information content (AvgIpc) is 2.54. The lowest BCUT2D eigenvalue weighted by Crippen LogP contribution is -2.13. The molecule has 20 heavy (non-hydrogen) atoms. The van der Waals surface area contributed by atoms with Crippen LogP contribution in [0.3, 0.4) is 0 Å². The molecule has 3 aromatic rings. The van der Waals surface area contributed by atoms with E-state index in [2.05, 4.69) is 66.7 Å². The minimum absolute atomic E-state index is 0.888. The summed E-state index contributed by atoms with van der Waals surface area (Å²) >= 11 is 0. The third-order valence-corrected chi connectivity index (χ3v) is 3.95. The molecule has 0 aromatic heterocycles. The second kappa shape index (κ2) is 4.61. The first-order chi connectivity index (χ1) is 9.92. The van der Waals surface area contributed by atoms with Crippen molar-refractivity contribution in [3.8, 4) is 0 Å². The zero-order valence-corrected chi connectivity index (χ0v) is 11.2. The molecule has 0 saturated heterocycles. The van der Waals surface area contributed by atoms with Crippen LogP contribution in [0.25, 0.3) is 10.8 Å². The zero-order chi connectivity index (χ0) is 13.4. The van der Waals surface area contributed by atoms with Crippen LogP contribution >= 0.6 is 0 Å². The molecule has 0 unspecified atom stereocenters. The van der Waals surface area contributed by atoms with E-state index in [4.69, 9.17) is 4.99 Å². The van der Waals surface area contributed by atoms with Crippen LogP contribution in [-0.2, 0) is 6.42 Å². The first-order valence-corrected chi connectivity index (χ1v) is 7.04. The minimum atomic E-state index is 0.888. The van der Waals surface area contributed by atoms with Gasteiger partial charge in [-0.15, -0.1) is 0 Å². The topological polar surface area (TPSA) is 12.4 Å². The van der Waals surface area contributed by atoms with Gasteiger partial charge in [0, 0.05) is 17.7 Å². The molecule has 1 nitrogen and oxygen atoms in total. The van der Waals surface area contributed by atoms with Crippen molar-refractivity contribution in [2.45, 2.75) is 6.42 Å². The van der Waals surface area contributed by atoms with E-state index < -0.39 is 0 Å². The van der Waals surface area contributed by atoms with Crippen LogP contribution in [-0.4, -0.2) is 12.3 Å². The largest absolute Gasteiger partial charge is 0.284 e. The molecule has 1 aliphatic heterocycles. The lowest BCUT2D eigenvalue weighted by atomic mass is 9.92. The highest BCUT2D eigenvalue weighted by Crippen LogP contribution is 2.23. The van der Waals surface area contributed by atoms with Crippen molar-refractivity contribution in [3.05, 3.63) is 83.4 Å². The average molecular weight is 257 g/mol. The van der Waals surface area contributed by atoms with E-state index in [1.54, 1.807) is 0 Å². The van der Waals surface area contributed by atoms with Crippen LogP contribution in [0.2, 0.25) is 0 Å². The van der Waals surface area contributed by atoms with Crippen LogP contribution < -0.4 is 0 Å². The molecule has 1 heterocycles. The van der Waals surface area contributed by atoms with E-state index in [9.17, 15) is 0 Å². The SMILES string of the molecule is c1ccc2c(c1)CCN=C2c1ccc2ccccc2c1. The molecule has 0 spiro atoms. The van der Waals surface area contributed by atoms with Gasteiger partial charge in [0.25, 0.3) is 0 Å². The van der Waals surface area contributed by atoms with E-state index in [0.29, 0.717) is 0 Å². The summed E-state index contributed by atoms with van der Waals surface area (Å²) in [6.07, 6.45) is 1.05. The molecular formula is C19H15N. The number of benzene rings is 3. The lowest BCUT2D eigenvalue weighted by Gasteiger charge is -2.17. The van der Waals surface area contributed by atoms with Crippen molar-refractivity contribution >= 4 is 16.5 Å². The van der Waals surface area contributed by atoms with E-state index in [-0.39, 0.29) is 0 Å². The number of nitrogens with zero attached hydrogens (tertiary/aromatic N) is 1. The number of fused-ring (bicyclic) bond motifs is 2. The Morgan fingerprint density at radius 1 is 0.750 bits per heavy atom. The predicted octanol–water partition coefficient (Wildman–Crippen LogP) is 4.23. The van der Waals surface area contributed by atoms with E-state index in [1.807, 2.05) is 0 Å². The van der Waals surface area contributed by atoms with Gasteiger partial charge in [-0.2, -0.15) is 0 Å². The van der Waals surface area contributed by atoms with Crippen molar-refractivity contribution in [2.75, 3.05) is 6.54 Å². The monoisotopic (exact) mass is 257 g/mol. The number of hydrogen-bond acceptors (Lipinski definition) is 1. The van der Waals surface area contributed by atoms with Gasteiger partial charge in [0.15, 0.2) is 0 Å². The predicted molar refractivity (Wildman–Crippen MR) is 84.6 cm³/mol. The van der Waals surface area contributed by atoms with Crippen molar-refractivity contribution in [1.82, 2.24) is 0 Å². The molecule has 0 amide bonds. The second-order valence-corrected chi connectivity index (χ2v) is 5.20. The fourth-order valence-electron chi connectivity index (χ4n) is 2.93. The quantitative estimate of drug-likeness (QED) is 0.618. The summed E-state index contributed by atoms with van der Waals surface area (Å²) in [5.74, 6) is 0. The Labute approximate surface area is 118 Å². The molecule has 0 radical (unpaired) electrons. The molecule has 96 valence electrons. The van der Waals surface area contributed by atoms with Gasteiger partial charge < -0.3 is 0 Å². The van der Waals surface area contributed by atoms with Gasteiger partial charge in [0.1, 0.15) is 0 Å². The highest BCUT2D eigenvalue weighted by atomic mass is 14.7. The number of rotatable bonds is 1. The Morgan fingerprint density at radius 3 is 2.50 bits per heavy atom. The summed E-state index contributed by atoms with van der Waals surface area (Å²) in [4.78, 5) is 4.76. The van der Waals surface area contributed by atoms with Crippen LogP contribution in [0, 0.1) is 0 Å². The molecule has 0 atom stereocenters. The molecule has 4 rings (SSSR count). The number of aliphatic imine (C=N–C) groups is 1. The fraction of sp³-hybridized carbons (Fsp3) is 0.105. The zero-order valence-electron chi connectivity index (χ0n) is 11.2. The minimum Gasteiger partial charge on any atom is -0.284 e. The Balaban J connectivity index is 1.89. The Hall–Kier alpha value is -2.41. The molecule has 0 N–H and O–H groups in total. The lowest BCUT2D eigenvalue weighted by molar-refractivity contribution is 0.944. The van der Waals surface area contributed by atoms with Crippen molar-refractivity contribution in [1.29, 1.82) is 0 Å². The molecule has 0 saturated carbocycles. The standard InChI is InChI=1S/C19H15N/c1-2-7-16-13-17(10-9-14(16)5-1)19-18-8-4-3-6-15(18)11-12-20-19/h1-10,13H,11-12H2. The van der Waals surface area contributed by atoms with Gasteiger partial charge in [0.05, 0.1) is 5.71 Å². The van der Waals surface area contributed by atoms with Gasteiger partial charge in [-0.25, -0.2) is 0 Å². The normalized spacial score (nSPS) is 13.9. The Morgan fingerprint density at radius 2 is 1.55 bits per heavy atom. The third-order valence-electron chi connectivity index (χ3n) is 3.95. The second-order valence-electron chi connectivity index (χ2n) is 5.20. The Kier molecular flexibility index (Phi) is 2.63. The van der Waals surface area contributed by atoms with Gasteiger partial charge >= 0.3 is 0 Å². The van der Waals surface area contributed by atoms with Gasteiger partial charge in [0.2, 0.25) is 0 Å². The first-order valence-electron chi connectivity index (χ1n) is 7.04. The van der Waals surface area contributed by atoms with E-state index in [1.165, 1.54) is 27.5 Å². The highest BCUT2D eigenvalue weighted by Gasteiger charge is 2.15. The summed E-state index contributed by atoms with van der Waals surface area (Å²) in [6, 6.07) is 23.7. The van der Waals surface area contributed by atoms with E-state index >= 15 is 0 Å². The summed E-state index contributed by atoms with van der Waals surface area (Å²) in [7, 11) is 0. The van der Waals surface area contributed by atoms with Crippen LogP contribution in [0.5, 0.6) is 0 Å². The van der Waals surface area contributed by atoms with Crippen molar-refractivity contribution in [2.24, 2.45) is 4.99 Å². The maximum absolute atomic E-state index is 4.76. The van der Waals surface area contributed by atoms with Gasteiger partial charge in [-0.3, -0.25) is 4.99 Å². The van der Waals surface area contributed by atoms with E-state index in [0.717, 1.165) is 18.7 Å². The van der Waals surface area contributed by atoms with Crippen LogP contribution in [0.4, 0.5) is 0 Å². The smallest absolute Gasteiger partial charge is 0.0722 e. The molecule has 1 aliphatic rings. The van der Waals surface area contributed by atoms with Crippen LogP contribution in [0.15, 0.2) is 71.7 Å². The maximum atomic E-state index is 4.76. The molecular weight excluding hydrogens is 242 g/mol. The first kappa shape index (κ1) is 11.4. The third kappa shape index (κ3) is 1.83. The van der Waals surface area contributed by atoms with Crippen molar-refractivity contribution in [3.63, 3.8) is 0 Å². The molecule has 0 fully saturated rings. The van der Waals surface area contributed by atoms with Crippen LogP contribution in [0.1, 0.15) is 16.7 Å². The molecule has 0 aliphatic carbocycles.